The predicted octanol–water partition coefficient (Wildman–Crippen LogP) is 2.31. The molecule has 0 radical (unpaired) electrons. The van der Waals surface area contributed by atoms with Crippen molar-refractivity contribution in [2.45, 2.75) is 45.8 Å². The lowest BCUT2D eigenvalue weighted by atomic mass is 10.2. The summed E-state index contributed by atoms with van der Waals surface area (Å²) in [5, 5.41) is 6.13. The molecule has 1 unspecified atom stereocenters. The number of hydrogen-bond donors (Lipinski definition) is 1. The van der Waals surface area contributed by atoms with Gasteiger partial charge in [0.15, 0.2) is 0 Å². The highest BCUT2D eigenvalue weighted by Crippen LogP contribution is 2.18. The molecule has 0 saturated carbocycles. The highest BCUT2D eigenvalue weighted by Gasteiger charge is 2.24. The van der Waals surface area contributed by atoms with Crippen LogP contribution in [0.4, 0.5) is 4.79 Å². The number of amides is 1. The molecule has 1 aliphatic heterocycles. The summed E-state index contributed by atoms with van der Waals surface area (Å²) >= 11 is 1.58. The number of nitrogens with one attached hydrogen (secondary N) is 1. The van der Waals surface area contributed by atoms with E-state index in [2.05, 4.69) is 17.2 Å². The fraction of sp³-hybridized carbons (Fsp3) is 0.765. The highest BCUT2D eigenvalue weighted by atomic mass is 32.1. The van der Waals surface area contributed by atoms with E-state index in [9.17, 15) is 4.79 Å². The maximum absolute atomic E-state index is 12.2. The number of carbonyl (C=O) groups excluding carboxylic acids is 1. The average Bonchev–Trinajstić information content (AvgIpc) is 3.05. The number of nitrogens with zero attached hydrogens (tertiary/aromatic N) is 2. The first kappa shape index (κ1) is 19.9. The molecule has 1 saturated heterocycles. The van der Waals surface area contributed by atoms with Gasteiger partial charge in [-0.25, -0.2) is 9.78 Å². The van der Waals surface area contributed by atoms with E-state index in [4.69, 9.17) is 14.2 Å². The van der Waals surface area contributed by atoms with Gasteiger partial charge in [0.1, 0.15) is 19.3 Å². The first-order chi connectivity index (χ1) is 11.9. The molecule has 1 aromatic rings. The summed E-state index contributed by atoms with van der Waals surface area (Å²) < 4.78 is 17.1. The summed E-state index contributed by atoms with van der Waals surface area (Å²) in [7, 11) is 0. The van der Waals surface area contributed by atoms with E-state index in [1.54, 1.807) is 16.2 Å². The Morgan fingerprint density at radius 1 is 1.36 bits per heavy atom. The van der Waals surface area contributed by atoms with E-state index in [1.807, 2.05) is 26.2 Å². The zero-order valence-corrected chi connectivity index (χ0v) is 16.4. The second kappa shape index (κ2) is 9.35. The number of aromatic nitrogens is 1. The lowest BCUT2D eigenvalue weighted by Crippen LogP contribution is -2.47. The van der Waals surface area contributed by atoms with Crippen molar-refractivity contribution in [1.29, 1.82) is 0 Å². The van der Waals surface area contributed by atoms with Gasteiger partial charge in [0.05, 0.1) is 16.0 Å². The molecule has 2 rings (SSSR count). The molecule has 1 fully saturated rings. The van der Waals surface area contributed by atoms with Crippen molar-refractivity contribution in [3.05, 3.63) is 10.4 Å². The molecule has 2 heterocycles. The quantitative estimate of drug-likeness (QED) is 0.793. The van der Waals surface area contributed by atoms with Crippen molar-refractivity contribution >= 4 is 17.4 Å². The van der Waals surface area contributed by atoms with Crippen LogP contribution in [0.2, 0.25) is 0 Å². The predicted molar refractivity (Wildman–Crippen MR) is 97.4 cm³/mol. The topological polar surface area (TPSA) is 72.9 Å². The Morgan fingerprint density at radius 2 is 2.08 bits per heavy atom. The van der Waals surface area contributed by atoms with Crippen LogP contribution in [-0.4, -0.2) is 67.1 Å². The molecule has 0 bridgehead atoms. The Hall–Kier alpha value is -1.38. The van der Waals surface area contributed by atoms with Crippen LogP contribution in [0.3, 0.4) is 0 Å². The van der Waals surface area contributed by atoms with Crippen LogP contribution in [0.1, 0.15) is 32.7 Å². The van der Waals surface area contributed by atoms with Crippen molar-refractivity contribution in [2.24, 2.45) is 0 Å². The van der Waals surface area contributed by atoms with E-state index >= 15 is 0 Å². The van der Waals surface area contributed by atoms with Gasteiger partial charge in [0.25, 0.3) is 0 Å². The van der Waals surface area contributed by atoms with Gasteiger partial charge in [-0.2, -0.15) is 0 Å². The van der Waals surface area contributed by atoms with E-state index in [1.165, 1.54) is 0 Å². The molecular weight excluding hydrogens is 342 g/mol. The Bertz CT molecular complexity index is 538. The van der Waals surface area contributed by atoms with Crippen molar-refractivity contribution in [3.8, 4) is 5.88 Å². The monoisotopic (exact) mass is 371 g/mol. The Balaban J connectivity index is 1.84. The summed E-state index contributed by atoms with van der Waals surface area (Å²) in [6.07, 6.45) is 0.239. The van der Waals surface area contributed by atoms with Gasteiger partial charge in [-0.05, 0) is 27.2 Å². The second-order valence-electron chi connectivity index (χ2n) is 6.91. The Kier molecular flexibility index (Phi) is 7.46. The van der Waals surface area contributed by atoms with Crippen molar-refractivity contribution < 1.29 is 19.0 Å². The van der Waals surface area contributed by atoms with Gasteiger partial charge in [-0.3, -0.25) is 0 Å². The minimum absolute atomic E-state index is 0.158. The minimum atomic E-state index is -0.355. The van der Waals surface area contributed by atoms with E-state index in [0.29, 0.717) is 25.6 Å². The molecule has 0 aromatic carbocycles. The summed E-state index contributed by atoms with van der Waals surface area (Å²) in [6, 6.07) is 0. The van der Waals surface area contributed by atoms with Gasteiger partial charge < -0.3 is 24.4 Å². The normalized spacial score (nSPS) is 16.6. The van der Waals surface area contributed by atoms with Crippen molar-refractivity contribution in [3.63, 3.8) is 0 Å². The van der Waals surface area contributed by atoms with E-state index in [0.717, 1.165) is 24.5 Å². The molecule has 25 heavy (non-hydrogen) atoms. The zero-order chi connectivity index (χ0) is 18.3. The molecular formula is C17H29N3O4S. The Morgan fingerprint density at radius 3 is 2.68 bits per heavy atom. The number of carbonyl (C=O) groups is 1. The number of ether oxygens (including phenoxy) is 3. The molecule has 1 aliphatic rings. The standard InChI is InChI=1S/C17H29N3O4S/c1-5-15-19-14(12-25-15)22-10-13(24-17(2,3)4)11-23-16(21)20-8-6-18-7-9-20/h12-13,18H,5-11H2,1-4H3. The molecule has 1 atom stereocenters. The first-order valence-corrected chi connectivity index (χ1v) is 9.63. The van der Waals surface area contributed by atoms with Crippen LogP contribution in [0.15, 0.2) is 5.38 Å². The average molecular weight is 372 g/mol. The fourth-order valence-corrected chi connectivity index (χ4v) is 3.09. The van der Waals surface area contributed by atoms with Gasteiger partial charge in [-0.15, -0.1) is 11.3 Å². The molecule has 0 spiro atoms. The summed E-state index contributed by atoms with van der Waals surface area (Å²) in [5.74, 6) is 0.595. The third kappa shape index (κ3) is 7.17. The SMILES string of the molecule is CCc1nc(OCC(COC(=O)N2CCNCC2)OC(C)(C)C)cs1. The van der Waals surface area contributed by atoms with Crippen LogP contribution in [-0.2, 0) is 15.9 Å². The number of thiazole rings is 1. The third-order valence-electron chi connectivity index (χ3n) is 3.54. The molecule has 8 heteroatoms. The fourth-order valence-electron chi connectivity index (χ4n) is 2.42. The third-order valence-corrected chi connectivity index (χ3v) is 4.51. The van der Waals surface area contributed by atoms with Crippen LogP contribution in [0, 0.1) is 0 Å². The molecule has 142 valence electrons. The molecule has 1 aromatic heterocycles. The second-order valence-corrected chi connectivity index (χ2v) is 7.85. The summed E-state index contributed by atoms with van der Waals surface area (Å²) in [5.41, 5.74) is -0.355. The lowest BCUT2D eigenvalue weighted by Gasteiger charge is -2.29. The maximum atomic E-state index is 12.2. The van der Waals surface area contributed by atoms with Gasteiger partial charge >= 0.3 is 6.09 Å². The maximum Gasteiger partial charge on any atom is 0.409 e. The zero-order valence-electron chi connectivity index (χ0n) is 15.5. The van der Waals surface area contributed by atoms with E-state index < -0.39 is 0 Å². The number of aryl methyl sites for hydroxylation is 1. The number of piperazine rings is 1. The number of rotatable bonds is 7. The van der Waals surface area contributed by atoms with Gasteiger partial charge in [-0.1, -0.05) is 6.92 Å². The minimum Gasteiger partial charge on any atom is -0.474 e. The molecule has 7 nitrogen and oxygen atoms in total. The number of hydrogen-bond acceptors (Lipinski definition) is 7. The van der Waals surface area contributed by atoms with E-state index in [-0.39, 0.29) is 24.4 Å². The van der Waals surface area contributed by atoms with Crippen molar-refractivity contribution in [2.75, 3.05) is 39.4 Å². The van der Waals surface area contributed by atoms with Crippen LogP contribution in [0.25, 0.3) is 0 Å². The first-order valence-electron chi connectivity index (χ1n) is 8.75. The largest absolute Gasteiger partial charge is 0.474 e. The Labute approximate surface area is 153 Å². The van der Waals surface area contributed by atoms with Crippen LogP contribution in [0.5, 0.6) is 5.88 Å². The molecule has 1 amide bonds. The summed E-state index contributed by atoms with van der Waals surface area (Å²) in [4.78, 5) is 18.2. The lowest BCUT2D eigenvalue weighted by molar-refractivity contribution is -0.0984. The summed E-state index contributed by atoms with van der Waals surface area (Å²) in [6.45, 7) is 11.3. The smallest absolute Gasteiger partial charge is 0.409 e. The van der Waals surface area contributed by atoms with Crippen LogP contribution < -0.4 is 10.1 Å². The van der Waals surface area contributed by atoms with Crippen molar-refractivity contribution in [1.82, 2.24) is 15.2 Å². The molecule has 0 aliphatic carbocycles. The molecule has 1 N–H and O–H groups in total. The van der Waals surface area contributed by atoms with Gasteiger partial charge in [0.2, 0.25) is 5.88 Å². The van der Waals surface area contributed by atoms with Gasteiger partial charge in [0, 0.05) is 26.2 Å². The van der Waals surface area contributed by atoms with Crippen LogP contribution >= 0.6 is 11.3 Å². The highest BCUT2D eigenvalue weighted by molar-refractivity contribution is 7.09.